The molecular formula is C18H21FN2O4S. The van der Waals surface area contributed by atoms with E-state index < -0.39 is 15.8 Å². The predicted octanol–water partition coefficient (Wildman–Crippen LogP) is 2.11. The number of ether oxygens (including phenoxy) is 1. The molecule has 0 aliphatic carbocycles. The molecule has 6 nitrogen and oxygen atoms in total. The molecule has 0 aliphatic heterocycles. The van der Waals surface area contributed by atoms with Crippen LogP contribution in [0.3, 0.4) is 0 Å². The standard InChI is InChI=1S/C18H21FN2O4S/c1-20(12-14-4-8-16(25-3)9-5-14)18(22)13-21(2)26(23,24)17-10-6-15(19)7-11-17/h4-11H,12-13H2,1-3H3. The summed E-state index contributed by atoms with van der Waals surface area (Å²) in [6.45, 7) is 0.0274. The molecule has 0 unspecified atom stereocenters. The molecule has 0 aromatic heterocycles. The molecule has 0 radical (unpaired) electrons. The van der Waals surface area contributed by atoms with Crippen molar-refractivity contribution in [2.24, 2.45) is 0 Å². The number of likely N-dealkylation sites (N-methyl/N-ethyl adjacent to an activating group) is 2. The smallest absolute Gasteiger partial charge is 0.243 e. The van der Waals surface area contributed by atoms with Crippen LogP contribution in [0.25, 0.3) is 0 Å². The molecule has 140 valence electrons. The van der Waals surface area contributed by atoms with E-state index >= 15 is 0 Å². The molecule has 2 rings (SSSR count). The average molecular weight is 380 g/mol. The molecule has 0 N–H and O–H groups in total. The highest BCUT2D eigenvalue weighted by Gasteiger charge is 2.24. The zero-order valence-electron chi connectivity index (χ0n) is 14.8. The van der Waals surface area contributed by atoms with Gasteiger partial charge >= 0.3 is 0 Å². The molecular weight excluding hydrogens is 359 g/mol. The SMILES string of the molecule is COc1ccc(CN(C)C(=O)CN(C)S(=O)(=O)c2ccc(F)cc2)cc1. The van der Waals surface area contributed by atoms with Crippen LogP contribution in [0.1, 0.15) is 5.56 Å². The minimum absolute atomic E-state index is 0.0630. The lowest BCUT2D eigenvalue weighted by Gasteiger charge is -2.22. The monoisotopic (exact) mass is 380 g/mol. The van der Waals surface area contributed by atoms with Gasteiger partial charge < -0.3 is 9.64 Å². The number of benzene rings is 2. The Bertz CT molecular complexity index is 852. The highest BCUT2D eigenvalue weighted by molar-refractivity contribution is 7.89. The number of nitrogens with zero attached hydrogens (tertiary/aromatic N) is 2. The fraction of sp³-hybridized carbons (Fsp3) is 0.278. The fourth-order valence-corrected chi connectivity index (χ4v) is 3.40. The van der Waals surface area contributed by atoms with Crippen LogP contribution in [0, 0.1) is 5.82 Å². The lowest BCUT2D eigenvalue weighted by molar-refractivity contribution is -0.130. The van der Waals surface area contributed by atoms with Gasteiger partial charge in [0.1, 0.15) is 11.6 Å². The zero-order valence-corrected chi connectivity index (χ0v) is 15.7. The second kappa shape index (κ2) is 8.29. The first-order chi connectivity index (χ1) is 12.2. The Kier molecular flexibility index (Phi) is 6.33. The van der Waals surface area contributed by atoms with Crippen molar-refractivity contribution in [3.05, 3.63) is 59.9 Å². The Labute approximate surface area is 152 Å². The fourth-order valence-electron chi connectivity index (χ4n) is 2.28. The van der Waals surface area contributed by atoms with Crippen molar-refractivity contribution < 1.29 is 22.3 Å². The normalized spacial score (nSPS) is 11.4. The van der Waals surface area contributed by atoms with Crippen molar-refractivity contribution >= 4 is 15.9 Å². The van der Waals surface area contributed by atoms with Crippen LogP contribution < -0.4 is 4.74 Å². The van der Waals surface area contributed by atoms with E-state index in [1.807, 2.05) is 12.1 Å². The van der Waals surface area contributed by atoms with Crippen LogP contribution in [-0.4, -0.2) is 51.3 Å². The molecule has 0 spiro atoms. The quantitative estimate of drug-likeness (QED) is 0.738. The molecule has 1 amide bonds. The van der Waals surface area contributed by atoms with Gasteiger partial charge in [-0.2, -0.15) is 4.31 Å². The van der Waals surface area contributed by atoms with Gasteiger partial charge in [0, 0.05) is 20.6 Å². The summed E-state index contributed by atoms with van der Waals surface area (Å²) in [4.78, 5) is 13.7. The van der Waals surface area contributed by atoms with Crippen molar-refractivity contribution in [3.63, 3.8) is 0 Å². The molecule has 2 aromatic carbocycles. The van der Waals surface area contributed by atoms with E-state index in [4.69, 9.17) is 4.74 Å². The Morgan fingerprint density at radius 3 is 2.15 bits per heavy atom. The van der Waals surface area contributed by atoms with Crippen molar-refractivity contribution in [3.8, 4) is 5.75 Å². The Hall–Kier alpha value is -2.45. The van der Waals surface area contributed by atoms with E-state index in [1.54, 1.807) is 26.3 Å². The first-order valence-electron chi connectivity index (χ1n) is 7.83. The van der Waals surface area contributed by atoms with Gasteiger partial charge in [0.05, 0.1) is 18.6 Å². The topological polar surface area (TPSA) is 66.9 Å². The Morgan fingerprint density at radius 1 is 1.04 bits per heavy atom. The van der Waals surface area contributed by atoms with Gasteiger partial charge in [-0.1, -0.05) is 12.1 Å². The van der Waals surface area contributed by atoms with Crippen molar-refractivity contribution in [2.75, 3.05) is 27.7 Å². The van der Waals surface area contributed by atoms with Crippen LogP contribution in [0.5, 0.6) is 5.75 Å². The molecule has 0 saturated carbocycles. The number of carbonyl (C=O) groups excluding carboxylic acids is 1. The predicted molar refractivity (Wildman–Crippen MR) is 95.7 cm³/mol. The number of halogens is 1. The first kappa shape index (κ1) is 19.9. The van der Waals surface area contributed by atoms with Gasteiger partial charge in [-0.05, 0) is 42.0 Å². The highest BCUT2D eigenvalue weighted by atomic mass is 32.2. The van der Waals surface area contributed by atoms with Crippen molar-refractivity contribution in [2.45, 2.75) is 11.4 Å². The van der Waals surface area contributed by atoms with Crippen LogP contribution in [0.2, 0.25) is 0 Å². The van der Waals surface area contributed by atoms with Crippen molar-refractivity contribution in [1.82, 2.24) is 9.21 Å². The Morgan fingerprint density at radius 2 is 1.62 bits per heavy atom. The van der Waals surface area contributed by atoms with Gasteiger partial charge in [0.15, 0.2) is 0 Å². The summed E-state index contributed by atoms with van der Waals surface area (Å²) in [6, 6.07) is 11.7. The number of hydrogen-bond donors (Lipinski definition) is 0. The summed E-state index contributed by atoms with van der Waals surface area (Å²) in [5, 5.41) is 0. The first-order valence-corrected chi connectivity index (χ1v) is 9.27. The summed E-state index contributed by atoms with van der Waals surface area (Å²) in [5.41, 5.74) is 0.894. The molecule has 0 saturated heterocycles. The average Bonchev–Trinajstić information content (AvgIpc) is 2.62. The van der Waals surface area contributed by atoms with E-state index in [1.165, 1.54) is 24.1 Å². The minimum atomic E-state index is -3.86. The van der Waals surface area contributed by atoms with Gasteiger partial charge in [0.2, 0.25) is 15.9 Å². The zero-order chi connectivity index (χ0) is 19.3. The maximum atomic E-state index is 13.0. The third-order valence-electron chi connectivity index (χ3n) is 3.88. The maximum absolute atomic E-state index is 13.0. The number of sulfonamides is 1. The lowest BCUT2D eigenvalue weighted by Crippen LogP contribution is -2.39. The second-order valence-corrected chi connectivity index (χ2v) is 7.86. The van der Waals surface area contributed by atoms with E-state index in [0.29, 0.717) is 12.3 Å². The van der Waals surface area contributed by atoms with Gasteiger partial charge in [0.25, 0.3) is 0 Å². The number of amides is 1. The van der Waals surface area contributed by atoms with Crippen molar-refractivity contribution in [1.29, 1.82) is 0 Å². The summed E-state index contributed by atoms with van der Waals surface area (Å²) in [5.74, 6) is -0.163. The largest absolute Gasteiger partial charge is 0.497 e. The molecule has 26 heavy (non-hydrogen) atoms. The molecule has 2 aromatic rings. The van der Waals surface area contributed by atoms with E-state index in [9.17, 15) is 17.6 Å². The summed E-state index contributed by atoms with van der Waals surface area (Å²) >= 11 is 0. The van der Waals surface area contributed by atoms with E-state index in [2.05, 4.69) is 0 Å². The Balaban J connectivity index is 2.01. The third kappa shape index (κ3) is 4.80. The lowest BCUT2D eigenvalue weighted by atomic mass is 10.2. The minimum Gasteiger partial charge on any atom is -0.497 e. The summed E-state index contributed by atoms with van der Waals surface area (Å²) in [6.07, 6.45) is 0. The molecule has 0 bridgehead atoms. The number of carbonyl (C=O) groups is 1. The van der Waals surface area contributed by atoms with Gasteiger partial charge in [-0.3, -0.25) is 4.79 Å². The van der Waals surface area contributed by atoms with Crippen LogP contribution >= 0.6 is 0 Å². The maximum Gasteiger partial charge on any atom is 0.243 e. The van der Waals surface area contributed by atoms with E-state index in [0.717, 1.165) is 22.0 Å². The summed E-state index contributed by atoms with van der Waals surface area (Å²) in [7, 11) is 0.627. The van der Waals surface area contributed by atoms with E-state index in [-0.39, 0.29) is 17.3 Å². The molecule has 0 heterocycles. The second-order valence-electron chi connectivity index (χ2n) is 5.81. The van der Waals surface area contributed by atoms with Gasteiger partial charge in [-0.25, -0.2) is 12.8 Å². The van der Waals surface area contributed by atoms with Crippen LogP contribution in [0.4, 0.5) is 4.39 Å². The summed E-state index contributed by atoms with van der Waals surface area (Å²) < 4.78 is 43.9. The highest BCUT2D eigenvalue weighted by Crippen LogP contribution is 2.16. The number of methoxy groups -OCH3 is 1. The van der Waals surface area contributed by atoms with Gasteiger partial charge in [-0.15, -0.1) is 0 Å². The molecule has 0 atom stereocenters. The third-order valence-corrected chi connectivity index (χ3v) is 5.70. The van der Waals surface area contributed by atoms with Crippen LogP contribution in [-0.2, 0) is 21.4 Å². The number of hydrogen-bond acceptors (Lipinski definition) is 4. The molecule has 0 aliphatic rings. The van der Waals surface area contributed by atoms with Crippen LogP contribution in [0.15, 0.2) is 53.4 Å². The molecule has 8 heteroatoms. The molecule has 0 fully saturated rings. The number of rotatable bonds is 7.